The minimum absolute atomic E-state index is 0.139. The third-order valence-electron chi connectivity index (χ3n) is 6.99. The van der Waals surface area contributed by atoms with E-state index < -0.39 is 5.97 Å². The van der Waals surface area contributed by atoms with Crippen molar-refractivity contribution in [1.82, 2.24) is 4.90 Å². The molecule has 1 N–H and O–H groups in total. The molecule has 3 aliphatic rings. The maximum Gasteiger partial charge on any atom is 0.307 e. The zero-order valence-corrected chi connectivity index (χ0v) is 12.5. The average Bonchev–Trinajstić information content (AvgIpc) is 2.71. The molecule has 1 aliphatic heterocycles. The monoisotopic (exact) mass is 265 g/mol. The Hall–Kier alpha value is -0.570. The molecule has 0 aromatic heterocycles. The van der Waals surface area contributed by atoms with Gasteiger partial charge in [-0.25, -0.2) is 0 Å². The summed E-state index contributed by atoms with van der Waals surface area (Å²) in [6.07, 6.45) is 5.90. The van der Waals surface area contributed by atoms with Crippen LogP contribution >= 0.6 is 0 Å². The van der Waals surface area contributed by atoms with Gasteiger partial charge in [0.1, 0.15) is 0 Å². The van der Waals surface area contributed by atoms with E-state index in [9.17, 15) is 9.90 Å². The van der Waals surface area contributed by atoms with Gasteiger partial charge in [0, 0.05) is 12.6 Å². The molecule has 0 amide bonds. The Labute approximate surface area is 116 Å². The molecule has 0 aromatic rings. The zero-order valence-electron chi connectivity index (χ0n) is 12.5. The molecule has 2 aliphatic carbocycles. The quantitative estimate of drug-likeness (QED) is 0.834. The van der Waals surface area contributed by atoms with Gasteiger partial charge in [-0.05, 0) is 55.4 Å². The molecular weight excluding hydrogens is 238 g/mol. The van der Waals surface area contributed by atoms with Crippen molar-refractivity contribution in [1.29, 1.82) is 0 Å². The highest BCUT2D eigenvalue weighted by molar-refractivity contribution is 5.70. The normalized spacial score (nSPS) is 45.5. The first-order chi connectivity index (χ1) is 8.86. The van der Waals surface area contributed by atoms with Gasteiger partial charge in [0.2, 0.25) is 0 Å². The first-order valence-electron chi connectivity index (χ1n) is 7.83. The summed E-state index contributed by atoms with van der Waals surface area (Å²) < 4.78 is 0. The predicted molar refractivity (Wildman–Crippen MR) is 74.9 cm³/mol. The third-order valence-corrected chi connectivity index (χ3v) is 6.99. The van der Waals surface area contributed by atoms with Crippen molar-refractivity contribution in [3.05, 3.63) is 0 Å². The van der Waals surface area contributed by atoms with E-state index in [0.29, 0.717) is 16.9 Å². The van der Waals surface area contributed by atoms with Gasteiger partial charge in [-0.3, -0.25) is 9.69 Å². The number of carboxylic acids is 1. The molecule has 3 rings (SSSR count). The highest BCUT2D eigenvalue weighted by Crippen LogP contribution is 2.66. The maximum atomic E-state index is 11.3. The molecule has 3 heteroatoms. The van der Waals surface area contributed by atoms with Gasteiger partial charge < -0.3 is 5.11 Å². The summed E-state index contributed by atoms with van der Waals surface area (Å²) >= 11 is 0. The Balaban J connectivity index is 1.79. The number of carbonyl (C=O) groups is 1. The fourth-order valence-corrected chi connectivity index (χ4v) is 5.20. The topological polar surface area (TPSA) is 40.5 Å². The molecule has 4 atom stereocenters. The van der Waals surface area contributed by atoms with Gasteiger partial charge in [-0.2, -0.15) is 0 Å². The Morgan fingerprint density at radius 3 is 2.53 bits per heavy atom. The fraction of sp³-hybridized carbons (Fsp3) is 0.938. The van der Waals surface area contributed by atoms with Crippen LogP contribution in [-0.2, 0) is 4.79 Å². The molecule has 1 saturated heterocycles. The van der Waals surface area contributed by atoms with Crippen LogP contribution < -0.4 is 0 Å². The van der Waals surface area contributed by atoms with E-state index in [0.717, 1.165) is 31.8 Å². The fourth-order valence-electron chi connectivity index (χ4n) is 5.20. The second kappa shape index (κ2) is 4.21. The maximum absolute atomic E-state index is 11.3. The summed E-state index contributed by atoms with van der Waals surface area (Å²) in [4.78, 5) is 13.8. The van der Waals surface area contributed by atoms with Crippen molar-refractivity contribution in [3.63, 3.8) is 0 Å². The number of likely N-dealkylation sites (tertiary alicyclic amines) is 1. The van der Waals surface area contributed by atoms with Gasteiger partial charge in [0.15, 0.2) is 0 Å². The summed E-state index contributed by atoms with van der Waals surface area (Å²) in [5.74, 6) is 0.101. The summed E-state index contributed by atoms with van der Waals surface area (Å²) in [5, 5.41) is 9.27. The number of aliphatic carboxylic acids is 1. The molecule has 3 fully saturated rings. The van der Waals surface area contributed by atoms with E-state index in [-0.39, 0.29) is 5.92 Å². The molecule has 0 radical (unpaired) electrons. The Morgan fingerprint density at radius 2 is 2.00 bits per heavy atom. The van der Waals surface area contributed by atoms with Crippen molar-refractivity contribution >= 4 is 5.97 Å². The van der Waals surface area contributed by atoms with Gasteiger partial charge in [0.05, 0.1) is 5.92 Å². The Bertz CT molecular complexity index is 392. The molecule has 2 saturated carbocycles. The lowest BCUT2D eigenvalue weighted by Gasteiger charge is -2.46. The second-order valence-electron chi connectivity index (χ2n) is 7.80. The second-order valence-corrected chi connectivity index (χ2v) is 7.80. The third kappa shape index (κ3) is 1.77. The van der Waals surface area contributed by atoms with Crippen LogP contribution in [0.2, 0.25) is 0 Å². The van der Waals surface area contributed by atoms with Gasteiger partial charge in [-0.15, -0.1) is 0 Å². The number of carboxylic acid groups (broad SMARTS) is 1. The van der Waals surface area contributed by atoms with Crippen LogP contribution in [0.3, 0.4) is 0 Å². The number of fused-ring (bicyclic) bond motifs is 2. The highest BCUT2D eigenvalue weighted by Gasteiger charge is 2.62. The van der Waals surface area contributed by atoms with E-state index in [1.165, 1.54) is 19.3 Å². The van der Waals surface area contributed by atoms with Crippen molar-refractivity contribution < 1.29 is 9.90 Å². The molecule has 2 bridgehead atoms. The number of piperidine rings is 1. The standard InChI is InChI=1S/C16H27NO2/c1-15(2)12-6-7-16(15,3)13(9-12)17-8-4-5-11(10-17)14(18)19/h11-13H,4-10H2,1-3H3,(H,18,19)/t11?,12-,13+,16+/m1/s1. The van der Waals surface area contributed by atoms with Crippen LogP contribution in [0, 0.1) is 22.7 Å². The van der Waals surface area contributed by atoms with E-state index in [4.69, 9.17) is 0 Å². The van der Waals surface area contributed by atoms with E-state index in [2.05, 4.69) is 25.7 Å². The predicted octanol–water partition coefficient (Wildman–Crippen LogP) is 3.00. The number of rotatable bonds is 2. The Morgan fingerprint density at radius 1 is 1.26 bits per heavy atom. The van der Waals surface area contributed by atoms with Crippen molar-refractivity contribution in [2.75, 3.05) is 13.1 Å². The smallest absolute Gasteiger partial charge is 0.307 e. The molecular formula is C16H27NO2. The lowest BCUT2D eigenvalue weighted by molar-refractivity contribution is -0.144. The summed E-state index contributed by atoms with van der Waals surface area (Å²) in [7, 11) is 0. The van der Waals surface area contributed by atoms with E-state index in [1.54, 1.807) is 0 Å². The highest BCUT2D eigenvalue weighted by atomic mass is 16.4. The minimum Gasteiger partial charge on any atom is -0.481 e. The molecule has 1 unspecified atom stereocenters. The van der Waals surface area contributed by atoms with Crippen molar-refractivity contribution in [3.8, 4) is 0 Å². The van der Waals surface area contributed by atoms with Gasteiger partial charge in [0.25, 0.3) is 0 Å². The first kappa shape index (κ1) is 13.4. The van der Waals surface area contributed by atoms with Crippen LogP contribution in [-0.4, -0.2) is 35.1 Å². The summed E-state index contributed by atoms with van der Waals surface area (Å²) in [5.41, 5.74) is 0.811. The Kier molecular flexibility index (Phi) is 2.97. The lowest BCUT2D eigenvalue weighted by Crippen LogP contribution is -2.51. The molecule has 0 aromatic carbocycles. The van der Waals surface area contributed by atoms with Crippen LogP contribution in [0.4, 0.5) is 0 Å². The summed E-state index contributed by atoms with van der Waals surface area (Å²) in [6, 6.07) is 0.614. The molecule has 1 heterocycles. The van der Waals surface area contributed by atoms with E-state index >= 15 is 0 Å². The van der Waals surface area contributed by atoms with Crippen LogP contribution in [0.5, 0.6) is 0 Å². The molecule has 3 nitrogen and oxygen atoms in total. The zero-order chi connectivity index (χ0) is 13.8. The van der Waals surface area contributed by atoms with Gasteiger partial charge >= 0.3 is 5.97 Å². The summed E-state index contributed by atoms with van der Waals surface area (Å²) in [6.45, 7) is 9.20. The minimum atomic E-state index is -0.600. The van der Waals surface area contributed by atoms with Crippen LogP contribution in [0.25, 0.3) is 0 Å². The van der Waals surface area contributed by atoms with Gasteiger partial charge in [-0.1, -0.05) is 20.8 Å². The lowest BCUT2D eigenvalue weighted by atomic mass is 9.68. The molecule has 0 spiro atoms. The van der Waals surface area contributed by atoms with Crippen molar-refractivity contribution in [2.24, 2.45) is 22.7 Å². The van der Waals surface area contributed by atoms with Crippen LogP contribution in [0.15, 0.2) is 0 Å². The SMILES string of the molecule is CC1(C)[C@@H]2CC[C@@]1(C)[C@@H](N1CCCC(C(=O)O)C1)C2. The molecule has 108 valence electrons. The molecule has 19 heavy (non-hydrogen) atoms. The van der Waals surface area contributed by atoms with Crippen molar-refractivity contribution in [2.45, 2.75) is 58.9 Å². The number of nitrogens with zero attached hydrogens (tertiary/aromatic N) is 1. The van der Waals surface area contributed by atoms with Crippen LogP contribution in [0.1, 0.15) is 52.9 Å². The largest absolute Gasteiger partial charge is 0.481 e. The van der Waals surface area contributed by atoms with E-state index in [1.807, 2.05) is 0 Å². The first-order valence-corrected chi connectivity index (χ1v) is 7.83. The number of hydrogen-bond donors (Lipinski definition) is 1. The number of hydrogen-bond acceptors (Lipinski definition) is 2. The average molecular weight is 265 g/mol.